The van der Waals surface area contributed by atoms with Crippen LogP contribution in [-0.2, 0) is 4.57 Å². The zero-order chi connectivity index (χ0) is 28.5. The zero-order valence-electron chi connectivity index (χ0n) is 23.2. The number of rotatable bonds is 3. The van der Waals surface area contributed by atoms with Gasteiger partial charge in [0.1, 0.15) is 5.65 Å². The van der Waals surface area contributed by atoms with Crippen LogP contribution in [0.25, 0.3) is 59.9 Å². The molecule has 2 heterocycles. The van der Waals surface area contributed by atoms with Gasteiger partial charge in [-0.1, -0.05) is 121 Å². The minimum atomic E-state index is -3.10. The van der Waals surface area contributed by atoms with Crippen LogP contribution in [0.3, 0.4) is 0 Å². The molecule has 4 heteroatoms. The Labute approximate surface area is 248 Å². The number of hydrogen-bond donors (Lipinski definition) is 0. The van der Waals surface area contributed by atoms with Crippen LogP contribution >= 0.6 is 7.14 Å². The largest absolute Gasteiger partial charge is 0.309 e. The van der Waals surface area contributed by atoms with E-state index in [4.69, 9.17) is 4.98 Å². The Morgan fingerprint density at radius 3 is 1.93 bits per heavy atom. The first-order valence-corrected chi connectivity index (χ1v) is 16.2. The summed E-state index contributed by atoms with van der Waals surface area (Å²) in [6, 6.07) is 51.9. The second-order valence-corrected chi connectivity index (χ2v) is 13.9. The molecule has 202 valence electrons. The predicted octanol–water partition coefficient (Wildman–Crippen LogP) is 8.74. The quantitative estimate of drug-likeness (QED) is 0.121. The van der Waals surface area contributed by atoms with Crippen LogP contribution in [0.15, 0.2) is 152 Å². The molecule has 0 spiro atoms. The lowest BCUT2D eigenvalue weighted by atomic mass is 9.98. The Morgan fingerprint density at radius 2 is 1.14 bits per heavy atom. The van der Waals surface area contributed by atoms with Crippen molar-refractivity contribution in [2.75, 3.05) is 0 Å². The summed E-state index contributed by atoms with van der Waals surface area (Å²) in [6.07, 6.45) is 0. The van der Waals surface area contributed by atoms with Gasteiger partial charge in [-0.25, -0.2) is 4.98 Å². The predicted molar refractivity (Wildman–Crippen MR) is 182 cm³/mol. The number of nitrogens with zero attached hydrogens (tertiary/aromatic N) is 2. The van der Waals surface area contributed by atoms with E-state index < -0.39 is 7.14 Å². The first kappa shape index (κ1) is 24.4. The summed E-state index contributed by atoms with van der Waals surface area (Å²) in [5, 5.41) is 10.5. The van der Waals surface area contributed by atoms with Crippen LogP contribution in [0.4, 0.5) is 0 Å². The summed E-state index contributed by atoms with van der Waals surface area (Å²) in [5.74, 6) is 0. The van der Waals surface area contributed by atoms with E-state index in [9.17, 15) is 0 Å². The lowest BCUT2D eigenvalue weighted by molar-refractivity contribution is 0.592. The first-order valence-electron chi connectivity index (χ1n) is 14.5. The van der Waals surface area contributed by atoms with Crippen molar-refractivity contribution in [3.63, 3.8) is 0 Å². The van der Waals surface area contributed by atoms with Crippen molar-refractivity contribution in [2.45, 2.75) is 0 Å². The molecule has 0 aliphatic carbocycles. The third kappa shape index (κ3) is 3.49. The molecule has 0 saturated carbocycles. The SMILES string of the molecule is O=P(c1ccccc1)(c1ccccc1)c1ccc2cc3c(cc2c1)c1ccc2ccccc2c1c1nc2ccccc2n31. The smallest absolute Gasteiger partial charge is 0.171 e. The van der Waals surface area contributed by atoms with Crippen molar-refractivity contribution in [2.24, 2.45) is 0 Å². The van der Waals surface area contributed by atoms with Gasteiger partial charge in [0.15, 0.2) is 7.14 Å². The van der Waals surface area contributed by atoms with Gasteiger partial charge in [-0.05, 0) is 57.3 Å². The Morgan fingerprint density at radius 1 is 0.465 bits per heavy atom. The highest BCUT2D eigenvalue weighted by atomic mass is 31.2. The summed E-state index contributed by atoms with van der Waals surface area (Å²) in [4.78, 5) is 5.16. The van der Waals surface area contributed by atoms with Gasteiger partial charge in [-0.2, -0.15) is 0 Å². The van der Waals surface area contributed by atoms with Crippen molar-refractivity contribution >= 4 is 83.0 Å². The highest BCUT2D eigenvalue weighted by molar-refractivity contribution is 7.85. The Hall–Kier alpha value is -5.24. The number of benzene rings is 7. The zero-order valence-corrected chi connectivity index (χ0v) is 24.1. The van der Waals surface area contributed by atoms with Gasteiger partial charge in [-0.3, -0.25) is 4.40 Å². The second-order valence-electron chi connectivity index (χ2n) is 11.1. The number of hydrogen-bond acceptors (Lipinski definition) is 2. The third-order valence-corrected chi connectivity index (χ3v) is 11.8. The maximum absolute atomic E-state index is 15.2. The fourth-order valence-corrected chi connectivity index (χ4v) is 9.45. The molecule has 3 nitrogen and oxygen atoms in total. The van der Waals surface area contributed by atoms with Crippen molar-refractivity contribution in [1.82, 2.24) is 9.38 Å². The monoisotopic (exact) mass is 568 g/mol. The molecule has 0 bridgehead atoms. The Bertz CT molecular complexity index is 2540. The standard InChI is InChI=1S/C39H25N2OP/c42-43(29-12-3-1-4-13-29,30-14-5-2-6-15-30)31-21-19-27-25-37-34(24-28(27)23-31)33-22-20-26-11-7-8-16-32(26)38(33)39-40-35-17-9-10-18-36(35)41(37)39/h1-25H. The molecule has 0 atom stereocenters. The molecule has 0 radical (unpaired) electrons. The lowest BCUT2D eigenvalue weighted by Gasteiger charge is -2.20. The van der Waals surface area contributed by atoms with Crippen molar-refractivity contribution in [3.05, 3.63) is 152 Å². The Balaban J connectivity index is 1.41. The highest BCUT2D eigenvalue weighted by Crippen LogP contribution is 2.44. The molecule has 2 aromatic heterocycles. The van der Waals surface area contributed by atoms with Crippen LogP contribution in [0.1, 0.15) is 0 Å². The minimum absolute atomic E-state index is 0.834. The summed E-state index contributed by atoms with van der Waals surface area (Å²) in [5.41, 5.74) is 4.15. The fourth-order valence-electron chi connectivity index (χ4n) is 6.77. The average Bonchev–Trinajstić information content (AvgIpc) is 3.47. The van der Waals surface area contributed by atoms with Crippen LogP contribution in [-0.4, -0.2) is 9.38 Å². The number of imidazole rings is 1. The van der Waals surface area contributed by atoms with E-state index in [1.54, 1.807) is 0 Å². The van der Waals surface area contributed by atoms with Gasteiger partial charge >= 0.3 is 0 Å². The molecule has 0 aliphatic heterocycles. The van der Waals surface area contributed by atoms with Gasteiger partial charge in [0.2, 0.25) is 0 Å². The van der Waals surface area contributed by atoms with E-state index >= 15 is 4.57 Å². The van der Waals surface area contributed by atoms with Crippen molar-refractivity contribution in [1.29, 1.82) is 0 Å². The van der Waals surface area contributed by atoms with E-state index in [0.29, 0.717) is 0 Å². The number of pyridine rings is 1. The maximum atomic E-state index is 15.2. The topological polar surface area (TPSA) is 34.4 Å². The third-order valence-electron chi connectivity index (χ3n) is 8.79. The summed E-state index contributed by atoms with van der Waals surface area (Å²) < 4.78 is 17.5. The highest BCUT2D eigenvalue weighted by Gasteiger charge is 2.29. The molecule has 0 amide bonds. The molecule has 0 saturated heterocycles. The molecule has 0 unspecified atom stereocenters. The van der Waals surface area contributed by atoms with Gasteiger partial charge in [0.25, 0.3) is 0 Å². The summed E-state index contributed by atoms with van der Waals surface area (Å²) in [6.45, 7) is 0. The molecule has 9 rings (SSSR count). The van der Waals surface area contributed by atoms with Crippen molar-refractivity contribution < 1.29 is 4.57 Å². The number of para-hydroxylation sites is 2. The van der Waals surface area contributed by atoms with Crippen molar-refractivity contribution in [3.8, 4) is 0 Å². The van der Waals surface area contributed by atoms with E-state index in [1.807, 2.05) is 72.8 Å². The van der Waals surface area contributed by atoms with E-state index in [2.05, 4.69) is 83.3 Å². The van der Waals surface area contributed by atoms with Gasteiger partial charge in [-0.15, -0.1) is 0 Å². The molecule has 0 aliphatic rings. The Kier molecular flexibility index (Phi) is 5.17. The van der Waals surface area contributed by atoms with E-state index in [1.165, 1.54) is 10.8 Å². The molecule has 9 aromatic rings. The van der Waals surface area contributed by atoms with Crippen LogP contribution in [0.2, 0.25) is 0 Å². The molecule has 0 fully saturated rings. The molecule has 43 heavy (non-hydrogen) atoms. The maximum Gasteiger partial charge on any atom is 0.171 e. The van der Waals surface area contributed by atoms with E-state index in [0.717, 1.165) is 65.0 Å². The lowest BCUT2D eigenvalue weighted by Crippen LogP contribution is -2.24. The van der Waals surface area contributed by atoms with Gasteiger partial charge in [0.05, 0.1) is 16.6 Å². The normalized spacial score (nSPS) is 12.3. The van der Waals surface area contributed by atoms with Gasteiger partial charge < -0.3 is 4.57 Å². The summed E-state index contributed by atoms with van der Waals surface area (Å²) in [7, 11) is -3.10. The van der Waals surface area contributed by atoms with Gasteiger partial charge in [0, 0.05) is 26.7 Å². The molecular formula is C39H25N2OP. The van der Waals surface area contributed by atoms with Crippen LogP contribution < -0.4 is 15.9 Å². The first-order chi connectivity index (χ1) is 21.2. The summed E-state index contributed by atoms with van der Waals surface area (Å²) >= 11 is 0. The minimum Gasteiger partial charge on any atom is -0.309 e. The molecule has 7 aromatic carbocycles. The number of fused-ring (bicyclic) bond motifs is 11. The molecular weight excluding hydrogens is 543 g/mol. The second kappa shape index (κ2) is 9.13. The van der Waals surface area contributed by atoms with Crippen LogP contribution in [0, 0.1) is 0 Å². The number of aromatic nitrogens is 2. The average molecular weight is 569 g/mol. The van der Waals surface area contributed by atoms with Crippen LogP contribution in [0.5, 0.6) is 0 Å². The van der Waals surface area contributed by atoms with E-state index in [-0.39, 0.29) is 0 Å². The molecule has 0 N–H and O–H groups in total. The fraction of sp³-hybridized carbons (Fsp3) is 0.